The number of alkyl halides is 1. The number of allylic oxidation sites excluding steroid dienone is 1. The highest BCUT2D eigenvalue weighted by atomic mass is 35.5. The van der Waals surface area contributed by atoms with Crippen LogP contribution in [0.2, 0.25) is 0 Å². The van der Waals surface area contributed by atoms with E-state index in [4.69, 9.17) is 11.6 Å². The summed E-state index contributed by atoms with van der Waals surface area (Å²) in [6, 6.07) is -0.0333. The average molecular weight is 300 g/mol. The summed E-state index contributed by atoms with van der Waals surface area (Å²) >= 11 is 7.27. The van der Waals surface area contributed by atoms with E-state index in [0.29, 0.717) is 5.88 Å². The Morgan fingerprint density at radius 3 is 3.11 bits per heavy atom. The average Bonchev–Trinajstić information content (AvgIpc) is 2.73. The molecule has 0 radical (unpaired) electrons. The van der Waals surface area contributed by atoms with Crippen LogP contribution in [-0.4, -0.2) is 33.8 Å². The number of carbonyl (C=O) groups is 1. The zero-order valence-corrected chi connectivity index (χ0v) is 12.2. The highest BCUT2D eigenvalue weighted by Gasteiger charge is 2.64. The van der Waals surface area contributed by atoms with E-state index in [1.54, 1.807) is 0 Å². The Labute approximate surface area is 122 Å². The summed E-state index contributed by atoms with van der Waals surface area (Å²) in [5.41, 5.74) is 1.15. The Hall–Kier alpha value is -0.450. The summed E-state index contributed by atoms with van der Waals surface area (Å²) in [6.07, 6.45) is 7.48. The van der Waals surface area contributed by atoms with Crippen LogP contribution in [0.25, 0.3) is 0 Å². The predicted octanol–water partition coefficient (Wildman–Crippen LogP) is 2.20. The quantitative estimate of drug-likeness (QED) is 0.475. The van der Waals surface area contributed by atoms with Crippen molar-refractivity contribution >= 4 is 29.3 Å². The van der Waals surface area contributed by atoms with Gasteiger partial charge >= 0.3 is 0 Å². The van der Waals surface area contributed by atoms with Gasteiger partial charge in [0, 0.05) is 11.8 Å². The van der Waals surface area contributed by atoms with Gasteiger partial charge in [-0.2, -0.15) is 0 Å². The minimum atomic E-state index is -0.701. The lowest BCUT2D eigenvalue weighted by Crippen LogP contribution is -2.75. The first-order chi connectivity index (χ1) is 9.20. The largest absolute Gasteiger partial charge is 0.390 e. The molecule has 0 saturated carbocycles. The molecule has 1 unspecified atom stereocenters. The van der Waals surface area contributed by atoms with E-state index in [9.17, 15) is 9.90 Å². The SMILES string of the molecule is O=C1N[C@H]2C(CCCl)=CS[C@@]12[C@@H](O)C1C=CCCC1. The van der Waals surface area contributed by atoms with Crippen LogP contribution in [-0.2, 0) is 4.79 Å². The number of aliphatic hydroxyl groups is 1. The normalized spacial score (nSPS) is 38.2. The number of thioether (sulfide) groups is 1. The predicted molar refractivity (Wildman–Crippen MR) is 78.2 cm³/mol. The number of hydrogen-bond acceptors (Lipinski definition) is 3. The van der Waals surface area contributed by atoms with Crippen LogP contribution in [0, 0.1) is 5.92 Å². The number of halogens is 1. The molecular formula is C14H18ClNO2S. The second kappa shape index (κ2) is 5.15. The van der Waals surface area contributed by atoms with E-state index in [1.807, 2.05) is 5.41 Å². The van der Waals surface area contributed by atoms with Gasteiger partial charge in [-0.25, -0.2) is 0 Å². The molecule has 2 heterocycles. The first-order valence-corrected chi connectivity index (χ1v) is 8.20. The summed E-state index contributed by atoms with van der Waals surface area (Å²) in [4.78, 5) is 12.1. The van der Waals surface area contributed by atoms with E-state index in [0.717, 1.165) is 31.3 Å². The first kappa shape index (κ1) is 13.5. The van der Waals surface area contributed by atoms with E-state index in [-0.39, 0.29) is 17.9 Å². The van der Waals surface area contributed by atoms with Crippen LogP contribution < -0.4 is 5.32 Å². The van der Waals surface area contributed by atoms with Crippen molar-refractivity contribution in [3.63, 3.8) is 0 Å². The van der Waals surface area contributed by atoms with Crippen molar-refractivity contribution in [1.29, 1.82) is 0 Å². The fourth-order valence-corrected chi connectivity index (χ4v) is 4.89. The lowest BCUT2D eigenvalue weighted by molar-refractivity contribution is -0.137. The minimum Gasteiger partial charge on any atom is -0.390 e. The van der Waals surface area contributed by atoms with Crippen molar-refractivity contribution in [2.24, 2.45) is 5.92 Å². The van der Waals surface area contributed by atoms with Crippen LogP contribution in [0.4, 0.5) is 0 Å². The Morgan fingerprint density at radius 2 is 2.47 bits per heavy atom. The third-order valence-corrected chi connectivity index (χ3v) is 6.02. The van der Waals surface area contributed by atoms with Crippen molar-refractivity contribution < 1.29 is 9.90 Å². The summed E-state index contributed by atoms with van der Waals surface area (Å²) in [5, 5.41) is 15.7. The zero-order valence-electron chi connectivity index (χ0n) is 10.6. The van der Waals surface area contributed by atoms with Gasteiger partial charge in [-0.05, 0) is 36.7 Å². The number of aliphatic hydroxyl groups excluding tert-OH is 1. The molecule has 19 heavy (non-hydrogen) atoms. The van der Waals surface area contributed by atoms with Gasteiger partial charge in [-0.1, -0.05) is 12.2 Å². The topological polar surface area (TPSA) is 49.3 Å². The third kappa shape index (κ3) is 1.96. The molecule has 5 heteroatoms. The second-order valence-electron chi connectivity index (χ2n) is 5.42. The number of carbonyl (C=O) groups excluding carboxylic acids is 1. The summed E-state index contributed by atoms with van der Waals surface area (Å²) in [7, 11) is 0. The molecular weight excluding hydrogens is 282 g/mol. The molecule has 3 aliphatic rings. The lowest BCUT2D eigenvalue weighted by atomic mass is 9.73. The van der Waals surface area contributed by atoms with Gasteiger partial charge in [0.05, 0.1) is 12.1 Å². The first-order valence-electron chi connectivity index (χ1n) is 6.78. The van der Waals surface area contributed by atoms with Gasteiger partial charge < -0.3 is 10.4 Å². The van der Waals surface area contributed by atoms with Gasteiger partial charge in [-0.15, -0.1) is 23.4 Å². The molecule has 2 aliphatic heterocycles. The Morgan fingerprint density at radius 1 is 1.63 bits per heavy atom. The monoisotopic (exact) mass is 299 g/mol. The molecule has 1 saturated heterocycles. The number of fused-ring (bicyclic) bond motifs is 1. The van der Waals surface area contributed by atoms with E-state index >= 15 is 0 Å². The van der Waals surface area contributed by atoms with Gasteiger partial charge in [0.1, 0.15) is 4.75 Å². The fourth-order valence-electron chi connectivity index (χ4n) is 3.24. The molecule has 3 nitrogen and oxygen atoms in total. The van der Waals surface area contributed by atoms with Gasteiger partial charge in [0.25, 0.3) is 0 Å². The van der Waals surface area contributed by atoms with Crippen LogP contribution in [0.15, 0.2) is 23.1 Å². The van der Waals surface area contributed by atoms with Crippen molar-refractivity contribution in [2.45, 2.75) is 42.6 Å². The summed E-state index contributed by atoms with van der Waals surface area (Å²) < 4.78 is -0.701. The van der Waals surface area contributed by atoms with Crippen molar-refractivity contribution in [3.05, 3.63) is 23.1 Å². The van der Waals surface area contributed by atoms with Crippen molar-refractivity contribution in [2.75, 3.05) is 5.88 Å². The molecule has 104 valence electrons. The maximum absolute atomic E-state index is 12.1. The maximum atomic E-state index is 12.1. The smallest absolute Gasteiger partial charge is 0.242 e. The molecule has 0 bridgehead atoms. The lowest BCUT2D eigenvalue weighted by Gasteiger charge is -2.49. The molecule has 0 aromatic rings. The number of hydrogen-bond donors (Lipinski definition) is 2. The summed E-state index contributed by atoms with van der Waals surface area (Å²) in [5.74, 6) is 0.613. The molecule has 0 aromatic carbocycles. The molecule has 1 fully saturated rings. The van der Waals surface area contributed by atoms with Gasteiger partial charge in [-0.3, -0.25) is 4.79 Å². The highest BCUT2D eigenvalue weighted by Crippen LogP contribution is 2.52. The Balaban J connectivity index is 1.80. The molecule has 0 aromatic heterocycles. The van der Waals surface area contributed by atoms with Crippen molar-refractivity contribution in [1.82, 2.24) is 5.32 Å². The number of β-lactam (4-membered cyclic amide) rings is 1. The summed E-state index contributed by atoms with van der Waals surface area (Å²) in [6.45, 7) is 0. The van der Waals surface area contributed by atoms with E-state index in [2.05, 4.69) is 17.5 Å². The fraction of sp³-hybridized carbons (Fsp3) is 0.643. The van der Waals surface area contributed by atoms with Crippen LogP contribution in [0.3, 0.4) is 0 Å². The van der Waals surface area contributed by atoms with Crippen LogP contribution in [0.1, 0.15) is 25.7 Å². The second-order valence-corrected chi connectivity index (χ2v) is 6.94. The Kier molecular flexibility index (Phi) is 3.67. The molecule has 1 amide bonds. The standard InChI is InChI=1S/C14H18ClNO2S/c15-7-6-10-8-19-14(11(10)16-13(14)18)12(17)9-4-2-1-3-5-9/h2,4,8-9,11-12,17H,1,3,5-7H2,(H,16,18)/t9?,11-,12-,14-/m0/s1. The highest BCUT2D eigenvalue weighted by molar-refractivity contribution is 8.04. The maximum Gasteiger partial charge on any atom is 0.242 e. The van der Waals surface area contributed by atoms with E-state index < -0.39 is 10.9 Å². The van der Waals surface area contributed by atoms with Crippen LogP contribution >= 0.6 is 23.4 Å². The number of nitrogens with one attached hydrogen (secondary N) is 1. The number of amides is 1. The minimum absolute atomic E-state index is 0.0326. The third-order valence-electron chi connectivity index (χ3n) is 4.35. The molecule has 0 spiro atoms. The molecule has 1 aliphatic carbocycles. The van der Waals surface area contributed by atoms with Gasteiger partial charge in [0.15, 0.2) is 0 Å². The molecule has 2 N–H and O–H groups in total. The molecule has 3 rings (SSSR count). The van der Waals surface area contributed by atoms with Gasteiger partial charge in [0.2, 0.25) is 5.91 Å². The van der Waals surface area contributed by atoms with Crippen molar-refractivity contribution in [3.8, 4) is 0 Å². The molecule has 4 atom stereocenters. The van der Waals surface area contributed by atoms with Crippen LogP contribution in [0.5, 0.6) is 0 Å². The van der Waals surface area contributed by atoms with E-state index in [1.165, 1.54) is 11.8 Å². The number of rotatable bonds is 4. The Bertz CT molecular complexity index is 451. The zero-order chi connectivity index (χ0) is 13.5.